The molecular weight excluding hydrogens is 412 g/mol. The van der Waals surface area contributed by atoms with Gasteiger partial charge in [0.1, 0.15) is 0 Å². The molecule has 0 amide bonds. The van der Waals surface area contributed by atoms with Crippen LogP contribution in [0.5, 0.6) is 0 Å². The maximum atomic E-state index is 6.10. The quantitative estimate of drug-likeness (QED) is 0.334. The molecule has 0 aliphatic carbocycles. The summed E-state index contributed by atoms with van der Waals surface area (Å²) in [7, 11) is 0. The smallest absolute Gasteiger partial charge is 0.224 e. The van der Waals surface area contributed by atoms with Crippen LogP contribution < -0.4 is 5.73 Å². The minimum absolute atomic E-state index is 0.214. The van der Waals surface area contributed by atoms with Crippen molar-refractivity contribution in [1.29, 1.82) is 0 Å². The van der Waals surface area contributed by atoms with E-state index in [1.165, 1.54) is 20.2 Å². The van der Waals surface area contributed by atoms with Crippen molar-refractivity contribution >= 4 is 37.5 Å². The number of fused-ring (bicyclic) bond motifs is 3. The van der Waals surface area contributed by atoms with Crippen molar-refractivity contribution in [2.75, 3.05) is 5.73 Å². The van der Waals surface area contributed by atoms with Gasteiger partial charge in [-0.15, -0.1) is 11.3 Å². The van der Waals surface area contributed by atoms with Crippen molar-refractivity contribution in [2.24, 2.45) is 0 Å². The summed E-state index contributed by atoms with van der Waals surface area (Å²) < 4.78 is 2.48. The van der Waals surface area contributed by atoms with Crippen molar-refractivity contribution in [3.05, 3.63) is 97.1 Å². The summed E-state index contributed by atoms with van der Waals surface area (Å²) in [5, 5.41) is 2.51. The molecule has 32 heavy (non-hydrogen) atoms. The standard InChI is InChI=1S/C27H18N4S/c28-27-30-25(19-10-6-9-18(15-19)17-7-2-1-3-8-17)29-26(31-27)20-13-14-22-21-11-4-5-12-23(21)32-24(22)16-20/h1-16H,(H2,28,29,30,31). The number of anilines is 1. The van der Waals surface area contributed by atoms with Crippen molar-refractivity contribution in [3.8, 4) is 33.9 Å². The molecule has 4 nitrogen and oxygen atoms in total. The number of hydrogen-bond acceptors (Lipinski definition) is 5. The molecule has 4 aromatic carbocycles. The van der Waals surface area contributed by atoms with Crippen molar-refractivity contribution in [1.82, 2.24) is 15.0 Å². The highest BCUT2D eigenvalue weighted by molar-refractivity contribution is 7.25. The lowest BCUT2D eigenvalue weighted by atomic mass is 10.0. The van der Waals surface area contributed by atoms with Gasteiger partial charge in [0.2, 0.25) is 5.95 Å². The summed E-state index contributed by atoms with van der Waals surface area (Å²) in [6, 6.07) is 33.2. The number of nitrogen functional groups attached to an aromatic ring is 1. The number of nitrogens with zero attached hydrogens (tertiary/aromatic N) is 3. The molecule has 0 unspecified atom stereocenters. The number of aromatic nitrogens is 3. The van der Waals surface area contributed by atoms with E-state index in [9.17, 15) is 0 Å². The van der Waals surface area contributed by atoms with Gasteiger partial charge in [-0.25, -0.2) is 4.98 Å². The van der Waals surface area contributed by atoms with Crippen LogP contribution in [-0.4, -0.2) is 15.0 Å². The van der Waals surface area contributed by atoms with Crippen LogP contribution in [-0.2, 0) is 0 Å². The summed E-state index contributed by atoms with van der Waals surface area (Å²) in [6.07, 6.45) is 0. The molecule has 0 aliphatic rings. The average molecular weight is 431 g/mol. The van der Waals surface area contributed by atoms with Crippen LogP contribution in [0.4, 0.5) is 5.95 Å². The highest BCUT2D eigenvalue weighted by Crippen LogP contribution is 2.36. The molecule has 0 spiro atoms. The zero-order chi connectivity index (χ0) is 21.5. The molecule has 0 bridgehead atoms. The van der Waals surface area contributed by atoms with Gasteiger partial charge < -0.3 is 5.73 Å². The molecule has 2 aromatic heterocycles. The van der Waals surface area contributed by atoms with E-state index in [0.29, 0.717) is 11.6 Å². The predicted molar refractivity (Wildman–Crippen MR) is 133 cm³/mol. The second-order valence-corrected chi connectivity index (χ2v) is 8.68. The number of rotatable bonds is 3. The molecule has 0 saturated carbocycles. The van der Waals surface area contributed by atoms with E-state index >= 15 is 0 Å². The fourth-order valence-electron chi connectivity index (χ4n) is 3.98. The maximum Gasteiger partial charge on any atom is 0.224 e. The van der Waals surface area contributed by atoms with Crippen molar-refractivity contribution in [3.63, 3.8) is 0 Å². The van der Waals surface area contributed by atoms with Crippen molar-refractivity contribution < 1.29 is 0 Å². The third kappa shape index (κ3) is 3.29. The Labute approximate surface area is 189 Å². The van der Waals surface area contributed by atoms with Crippen LogP contribution in [0.3, 0.4) is 0 Å². The van der Waals surface area contributed by atoms with Crippen LogP contribution in [0, 0.1) is 0 Å². The van der Waals surface area contributed by atoms with Gasteiger partial charge >= 0.3 is 0 Å². The minimum atomic E-state index is 0.214. The van der Waals surface area contributed by atoms with E-state index in [-0.39, 0.29) is 5.95 Å². The van der Waals surface area contributed by atoms with E-state index in [4.69, 9.17) is 10.7 Å². The van der Waals surface area contributed by atoms with Gasteiger partial charge in [-0.3, -0.25) is 0 Å². The van der Waals surface area contributed by atoms with E-state index in [0.717, 1.165) is 22.3 Å². The zero-order valence-electron chi connectivity index (χ0n) is 17.1. The molecule has 6 aromatic rings. The second-order valence-electron chi connectivity index (χ2n) is 7.60. The molecule has 152 valence electrons. The topological polar surface area (TPSA) is 64.7 Å². The fraction of sp³-hybridized carbons (Fsp3) is 0. The summed E-state index contributed by atoms with van der Waals surface area (Å²) in [4.78, 5) is 13.6. The number of hydrogen-bond donors (Lipinski definition) is 1. The maximum absolute atomic E-state index is 6.10. The second kappa shape index (κ2) is 7.55. The summed E-state index contributed by atoms with van der Waals surface area (Å²) in [6.45, 7) is 0. The van der Waals surface area contributed by atoms with Gasteiger partial charge in [0, 0.05) is 31.3 Å². The summed E-state index contributed by atoms with van der Waals surface area (Å²) in [5.74, 6) is 1.37. The number of thiophene rings is 1. The molecule has 0 atom stereocenters. The van der Waals surface area contributed by atoms with Gasteiger partial charge in [-0.1, -0.05) is 78.9 Å². The highest BCUT2D eigenvalue weighted by Gasteiger charge is 2.12. The SMILES string of the molecule is Nc1nc(-c2cccc(-c3ccccc3)c2)nc(-c2ccc3c(c2)sc2ccccc23)n1. The number of benzene rings is 4. The lowest BCUT2D eigenvalue weighted by Crippen LogP contribution is -2.02. The van der Waals surface area contributed by atoms with Gasteiger partial charge in [0.25, 0.3) is 0 Å². The van der Waals surface area contributed by atoms with E-state index in [1.807, 2.05) is 30.3 Å². The fourth-order valence-corrected chi connectivity index (χ4v) is 5.13. The monoisotopic (exact) mass is 430 g/mol. The zero-order valence-corrected chi connectivity index (χ0v) is 17.9. The molecule has 0 fully saturated rings. The van der Waals surface area contributed by atoms with Crippen LogP contribution in [0.25, 0.3) is 54.1 Å². The molecule has 2 heterocycles. The Bertz CT molecular complexity index is 1590. The number of nitrogens with two attached hydrogens (primary N) is 1. The van der Waals surface area contributed by atoms with Crippen LogP contribution in [0.1, 0.15) is 0 Å². The Morgan fingerprint density at radius 1 is 0.500 bits per heavy atom. The Morgan fingerprint density at radius 2 is 1.16 bits per heavy atom. The van der Waals surface area contributed by atoms with Crippen LogP contribution in [0.15, 0.2) is 97.1 Å². The van der Waals surface area contributed by atoms with Gasteiger partial charge in [-0.2, -0.15) is 9.97 Å². The van der Waals surface area contributed by atoms with Gasteiger partial charge in [0.05, 0.1) is 0 Å². The summed E-state index contributed by atoms with van der Waals surface area (Å²) >= 11 is 1.77. The van der Waals surface area contributed by atoms with E-state index in [2.05, 4.69) is 76.7 Å². The lowest BCUT2D eigenvalue weighted by molar-refractivity contribution is 1.08. The first-order valence-corrected chi connectivity index (χ1v) is 11.2. The first kappa shape index (κ1) is 18.7. The van der Waals surface area contributed by atoms with Gasteiger partial charge in [-0.05, 0) is 29.3 Å². The highest BCUT2D eigenvalue weighted by atomic mass is 32.1. The first-order valence-electron chi connectivity index (χ1n) is 10.3. The molecule has 0 saturated heterocycles. The third-order valence-electron chi connectivity index (χ3n) is 5.52. The third-order valence-corrected chi connectivity index (χ3v) is 6.65. The lowest BCUT2D eigenvalue weighted by Gasteiger charge is -2.08. The Kier molecular flexibility index (Phi) is 4.40. The Morgan fingerprint density at radius 3 is 2.00 bits per heavy atom. The Balaban J connectivity index is 1.45. The van der Waals surface area contributed by atoms with Crippen LogP contribution in [0.2, 0.25) is 0 Å². The largest absolute Gasteiger partial charge is 0.368 e. The minimum Gasteiger partial charge on any atom is -0.368 e. The van der Waals surface area contributed by atoms with E-state index in [1.54, 1.807) is 11.3 Å². The molecule has 2 N–H and O–H groups in total. The van der Waals surface area contributed by atoms with Crippen LogP contribution >= 0.6 is 11.3 Å². The average Bonchev–Trinajstić information content (AvgIpc) is 3.22. The molecule has 6 rings (SSSR count). The normalized spacial score (nSPS) is 11.2. The van der Waals surface area contributed by atoms with Crippen molar-refractivity contribution in [2.45, 2.75) is 0 Å². The molecule has 0 radical (unpaired) electrons. The summed E-state index contributed by atoms with van der Waals surface area (Å²) in [5.41, 5.74) is 10.2. The molecular formula is C27H18N4S. The Hall–Kier alpha value is -4.09. The molecule has 5 heteroatoms. The van der Waals surface area contributed by atoms with E-state index < -0.39 is 0 Å². The predicted octanol–water partition coefficient (Wildman–Crippen LogP) is 6.82. The first-order chi connectivity index (χ1) is 15.7. The van der Waals surface area contributed by atoms with Gasteiger partial charge in [0.15, 0.2) is 11.6 Å². The molecule has 0 aliphatic heterocycles.